The van der Waals surface area contributed by atoms with E-state index in [0.717, 1.165) is 32.1 Å². The van der Waals surface area contributed by atoms with E-state index in [-0.39, 0.29) is 23.6 Å². The average Bonchev–Trinajstić information content (AvgIpc) is 3.04. The van der Waals surface area contributed by atoms with Crippen molar-refractivity contribution in [2.45, 2.75) is 97.2 Å². The summed E-state index contributed by atoms with van der Waals surface area (Å²) in [6, 6.07) is 0. The van der Waals surface area contributed by atoms with E-state index in [0.29, 0.717) is 47.3 Å². The summed E-state index contributed by atoms with van der Waals surface area (Å²) in [5, 5.41) is 21.5. The van der Waals surface area contributed by atoms with Crippen LogP contribution in [0.5, 0.6) is 0 Å². The first-order valence-corrected chi connectivity index (χ1v) is 12.1. The summed E-state index contributed by atoms with van der Waals surface area (Å²) >= 11 is 0. The van der Waals surface area contributed by atoms with Crippen LogP contribution < -0.4 is 0 Å². The molecule has 4 saturated carbocycles. The third-order valence-electron chi connectivity index (χ3n) is 10.4. The Bertz CT molecular complexity index is 620. The lowest BCUT2D eigenvalue weighted by Crippen LogP contribution is -2.58. The molecule has 0 amide bonds. The summed E-state index contributed by atoms with van der Waals surface area (Å²) < 4.78 is 4.86. The molecule has 0 saturated heterocycles. The van der Waals surface area contributed by atoms with E-state index in [9.17, 15) is 15.0 Å². The van der Waals surface area contributed by atoms with E-state index < -0.39 is 0 Å². The number of aliphatic hydroxyl groups is 2. The maximum Gasteiger partial charge on any atom is 0.305 e. The van der Waals surface area contributed by atoms with Gasteiger partial charge in [0.15, 0.2) is 0 Å². The third-order valence-corrected chi connectivity index (χ3v) is 10.4. The Morgan fingerprint density at radius 1 is 1.03 bits per heavy atom. The molecular weight excluding hydrogens is 364 g/mol. The third kappa shape index (κ3) is 3.46. The lowest BCUT2D eigenvalue weighted by molar-refractivity contribution is -0.174. The quantitative estimate of drug-likeness (QED) is 0.671. The fourth-order valence-corrected chi connectivity index (χ4v) is 8.82. The molecule has 4 nitrogen and oxygen atoms in total. The number of hydrogen-bond donors (Lipinski definition) is 2. The molecule has 4 fully saturated rings. The van der Waals surface area contributed by atoms with Crippen LogP contribution in [0.15, 0.2) is 0 Å². The van der Waals surface area contributed by atoms with E-state index in [1.165, 1.54) is 32.8 Å². The molecule has 4 aliphatic rings. The SMILES string of the molecule is COC(=O)CC[C@@H](C)[C@H]1CC[C@H]2C3C(CCC12C)C1(C)CC[C@@H](O)CC1C[C@H]3O. The minimum absolute atomic E-state index is 0.0959. The van der Waals surface area contributed by atoms with Crippen LogP contribution >= 0.6 is 0 Å². The van der Waals surface area contributed by atoms with Gasteiger partial charge in [0.1, 0.15) is 0 Å². The molecule has 2 N–H and O–H groups in total. The summed E-state index contributed by atoms with van der Waals surface area (Å²) in [5.74, 6) is 3.17. The molecular formula is C25H42O4. The Morgan fingerprint density at radius 3 is 2.45 bits per heavy atom. The van der Waals surface area contributed by atoms with Crippen LogP contribution in [0, 0.1) is 46.3 Å². The Labute approximate surface area is 176 Å². The smallest absolute Gasteiger partial charge is 0.305 e. The Balaban J connectivity index is 1.53. The fraction of sp³-hybridized carbons (Fsp3) is 0.960. The number of carbonyl (C=O) groups excluding carboxylic acids is 1. The van der Waals surface area contributed by atoms with Crippen LogP contribution in [0.1, 0.15) is 85.0 Å². The van der Waals surface area contributed by atoms with Crippen LogP contribution in [0.3, 0.4) is 0 Å². The summed E-state index contributed by atoms with van der Waals surface area (Å²) in [6.45, 7) is 7.29. The van der Waals surface area contributed by atoms with Crippen molar-refractivity contribution in [2.24, 2.45) is 46.3 Å². The fourth-order valence-electron chi connectivity index (χ4n) is 8.82. The monoisotopic (exact) mass is 406 g/mol. The highest BCUT2D eigenvalue weighted by molar-refractivity contribution is 5.69. The van der Waals surface area contributed by atoms with Crippen molar-refractivity contribution in [2.75, 3.05) is 7.11 Å². The van der Waals surface area contributed by atoms with Crippen molar-refractivity contribution < 1.29 is 19.7 Å². The van der Waals surface area contributed by atoms with E-state index in [1.807, 2.05) is 0 Å². The van der Waals surface area contributed by atoms with Gasteiger partial charge in [-0.1, -0.05) is 20.8 Å². The van der Waals surface area contributed by atoms with E-state index in [1.54, 1.807) is 0 Å². The molecule has 0 aromatic rings. The summed E-state index contributed by atoms with van der Waals surface area (Å²) in [5.41, 5.74) is 0.577. The van der Waals surface area contributed by atoms with Crippen LogP contribution in [0.25, 0.3) is 0 Å². The van der Waals surface area contributed by atoms with Gasteiger partial charge < -0.3 is 14.9 Å². The van der Waals surface area contributed by atoms with Crippen LogP contribution in [-0.4, -0.2) is 35.5 Å². The molecule has 0 bridgehead atoms. The van der Waals surface area contributed by atoms with Crippen molar-refractivity contribution in [1.82, 2.24) is 0 Å². The van der Waals surface area contributed by atoms with Gasteiger partial charge in [-0.15, -0.1) is 0 Å². The minimum atomic E-state index is -0.211. The van der Waals surface area contributed by atoms with Gasteiger partial charge in [0.25, 0.3) is 0 Å². The van der Waals surface area contributed by atoms with E-state index in [2.05, 4.69) is 20.8 Å². The minimum Gasteiger partial charge on any atom is -0.469 e. The number of ether oxygens (including phenoxy) is 1. The molecule has 166 valence electrons. The van der Waals surface area contributed by atoms with E-state index in [4.69, 9.17) is 4.74 Å². The molecule has 29 heavy (non-hydrogen) atoms. The first kappa shape index (κ1) is 21.6. The largest absolute Gasteiger partial charge is 0.469 e. The first-order chi connectivity index (χ1) is 13.7. The molecule has 0 radical (unpaired) electrons. The van der Waals surface area contributed by atoms with Gasteiger partial charge in [-0.05, 0) is 104 Å². The van der Waals surface area contributed by atoms with Crippen molar-refractivity contribution in [3.63, 3.8) is 0 Å². The normalized spacial score (nSPS) is 50.2. The molecule has 0 aromatic carbocycles. The van der Waals surface area contributed by atoms with Crippen LogP contribution in [0.4, 0.5) is 0 Å². The standard InChI is InChI=1S/C25H42O4/c1-15(5-8-22(28)29-4)18-6-7-19-23-20(10-12-25(18,19)3)24(2)11-9-17(26)13-16(24)14-21(23)27/h15-21,23,26-27H,5-14H2,1-4H3/t15-,16?,17-,18-,19+,20?,21-,23?,24?,25?/m1/s1. The molecule has 0 heterocycles. The van der Waals surface area contributed by atoms with Gasteiger partial charge in [0, 0.05) is 6.42 Å². The number of esters is 1. The lowest BCUT2D eigenvalue weighted by atomic mass is 9.43. The van der Waals surface area contributed by atoms with Crippen molar-refractivity contribution in [3.05, 3.63) is 0 Å². The first-order valence-electron chi connectivity index (χ1n) is 12.1. The predicted octanol–water partition coefficient (Wildman–Crippen LogP) is 4.57. The zero-order valence-corrected chi connectivity index (χ0v) is 18.9. The second-order valence-corrected chi connectivity index (χ2v) is 11.5. The topological polar surface area (TPSA) is 66.8 Å². The van der Waals surface area contributed by atoms with E-state index >= 15 is 0 Å². The van der Waals surface area contributed by atoms with Crippen molar-refractivity contribution >= 4 is 5.97 Å². The van der Waals surface area contributed by atoms with Gasteiger partial charge in [0.05, 0.1) is 19.3 Å². The Morgan fingerprint density at radius 2 is 1.72 bits per heavy atom. The highest BCUT2D eigenvalue weighted by Crippen LogP contribution is 2.68. The Kier molecular flexibility index (Phi) is 5.83. The highest BCUT2D eigenvalue weighted by Gasteiger charge is 2.62. The zero-order valence-electron chi connectivity index (χ0n) is 18.9. The van der Waals surface area contributed by atoms with Crippen LogP contribution in [-0.2, 0) is 9.53 Å². The molecule has 4 aliphatic carbocycles. The van der Waals surface area contributed by atoms with Gasteiger partial charge >= 0.3 is 5.97 Å². The van der Waals surface area contributed by atoms with Gasteiger partial charge in [-0.3, -0.25) is 4.79 Å². The lowest BCUT2D eigenvalue weighted by Gasteiger charge is -2.62. The zero-order chi connectivity index (χ0) is 21.0. The molecule has 10 atom stereocenters. The molecule has 4 heteroatoms. The number of aliphatic hydroxyl groups excluding tert-OH is 2. The second-order valence-electron chi connectivity index (χ2n) is 11.5. The summed E-state index contributed by atoms with van der Waals surface area (Å²) in [7, 11) is 1.48. The number of methoxy groups -OCH3 is 1. The maximum atomic E-state index is 11.6. The number of carbonyl (C=O) groups is 1. The van der Waals surface area contributed by atoms with Gasteiger partial charge in [-0.25, -0.2) is 0 Å². The van der Waals surface area contributed by atoms with Crippen molar-refractivity contribution in [1.29, 1.82) is 0 Å². The average molecular weight is 407 g/mol. The van der Waals surface area contributed by atoms with Gasteiger partial charge in [0.2, 0.25) is 0 Å². The molecule has 4 rings (SSSR count). The van der Waals surface area contributed by atoms with Crippen LogP contribution in [0.2, 0.25) is 0 Å². The summed E-state index contributed by atoms with van der Waals surface area (Å²) in [4.78, 5) is 11.6. The maximum absolute atomic E-state index is 11.6. The molecule has 0 aromatic heterocycles. The highest BCUT2D eigenvalue weighted by atomic mass is 16.5. The van der Waals surface area contributed by atoms with Crippen molar-refractivity contribution in [3.8, 4) is 0 Å². The number of rotatable bonds is 4. The second kappa shape index (κ2) is 7.82. The van der Waals surface area contributed by atoms with Gasteiger partial charge in [-0.2, -0.15) is 0 Å². The Hall–Kier alpha value is -0.610. The predicted molar refractivity (Wildman–Crippen MR) is 113 cm³/mol. The number of fused-ring (bicyclic) bond motifs is 5. The molecule has 5 unspecified atom stereocenters. The molecule has 0 aliphatic heterocycles. The number of hydrogen-bond acceptors (Lipinski definition) is 4. The summed E-state index contributed by atoms with van der Waals surface area (Å²) in [6.07, 6.45) is 9.80. The molecule has 0 spiro atoms.